The summed E-state index contributed by atoms with van der Waals surface area (Å²) in [6.45, 7) is 0. The van der Waals surface area contributed by atoms with Crippen LogP contribution < -0.4 is 0 Å². The Labute approximate surface area is 132 Å². The minimum absolute atomic E-state index is 0.0699. The van der Waals surface area contributed by atoms with Gasteiger partial charge in [-0.1, -0.05) is 11.8 Å². The molecule has 0 atom stereocenters. The van der Waals surface area contributed by atoms with Crippen molar-refractivity contribution in [2.24, 2.45) is 0 Å². The van der Waals surface area contributed by atoms with Crippen LogP contribution >= 0.6 is 27.7 Å². The van der Waals surface area contributed by atoms with Crippen molar-refractivity contribution >= 4 is 33.7 Å². The van der Waals surface area contributed by atoms with E-state index in [1.807, 2.05) is 4.57 Å². The Hall–Kier alpha value is -1.41. The maximum absolute atomic E-state index is 13.7. The van der Waals surface area contributed by atoms with Crippen LogP contribution in [0.3, 0.4) is 0 Å². The Kier molecular flexibility index (Phi) is 3.99. The highest BCUT2D eigenvalue weighted by Gasteiger charge is 2.30. The number of rotatable bonds is 5. The number of halogens is 2. The molecule has 1 aromatic carbocycles. The van der Waals surface area contributed by atoms with E-state index in [1.165, 1.54) is 6.07 Å². The Morgan fingerprint density at radius 3 is 2.86 bits per heavy atom. The number of hydrogen-bond donors (Lipinski definition) is 1. The van der Waals surface area contributed by atoms with Gasteiger partial charge in [0.1, 0.15) is 5.82 Å². The molecule has 0 unspecified atom stereocenters. The van der Waals surface area contributed by atoms with Gasteiger partial charge in [0.2, 0.25) is 0 Å². The summed E-state index contributed by atoms with van der Waals surface area (Å²) in [5.74, 6) is -0.754. The zero-order valence-corrected chi connectivity index (χ0v) is 13.2. The van der Waals surface area contributed by atoms with Gasteiger partial charge >= 0.3 is 5.97 Å². The van der Waals surface area contributed by atoms with Crippen LogP contribution in [0.1, 0.15) is 18.9 Å². The molecule has 0 bridgehead atoms. The summed E-state index contributed by atoms with van der Waals surface area (Å²) in [5, 5.41) is 17.5. The second-order valence-corrected chi connectivity index (χ2v) is 6.52. The van der Waals surface area contributed by atoms with Crippen molar-refractivity contribution in [2.75, 3.05) is 5.75 Å². The average Bonchev–Trinajstić information content (AvgIpc) is 3.19. The molecule has 1 saturated carbocycles. The fourth-order valence-electron chi connectivity index (χ4n) is 2.00. The smallest absolute Gasteiger partial charge is 0.313 e. The highest BCUT2D eigenvalue weighted by molar-refractivity contribution is 9.10. The van der Waals surface area contributed by atoms with E-state index >= 15 is 0 Å². The number of carbonyl (C=O) groups is 1. The van der Waals surface area contributed by atoms with Gasteiger partial charge in [0.25, 0.3) is 0 Å². The highest BCUT2D eigenvalue weighted by Crippen LogP contribution is 2.41. The summed E-state index contributed by atoms with van der Waals surface area (Å²) in [5.41, 5.74) is 0.636. The van der Waals surface area contributed by atoms with Crippen LogP contribution in [0.15, 0.2) is 27.8 Å². The summed E-state index contributed by atoms with van der Waals surface area (Å²) < 4.78 is 16.0. The second-order valence-electron chi connectivity index (χ2n) is 4.72. The van der Waals surface area contributed by atoms with Crippen LogP contribution in [0.25, 0.3) is 11.4 Å². The molecule has 0 aliphatic heterocycles. The Morgan fingerprint density at radius 1 is 1.48 bits per heavy atom. The van der Waals surface area contributed by atoms with Crippen molar-refractivity contribution in [2.45, 2.75) is 24.0 Å². The fourth-order valence-corrected chi connectivity index (χ4v) is 2.97. The van der Waals surface area contributed by atoms with Gasteiger partial charge in [0.05, 0.1) is 10.2 Å². The minimum Gasteiger partial charge on any atom is -0.481 e. The molecule has 1 aromatic heterocycles. The van der Waals surface area contributed by atoms with Gasteiger partial charge in [0.15, 0.2) is 11.0 Å². The molecular weight excluding hydrogens is 361 g/mol. The lowest BCUT2D eigenvalue weighted by atomic mass is 10.2. The van der Waals surface area contributed by atoms with Crippen molar-refractivity contribution in [3.05, 3.63) is 28.5 Å². The number of hydrogen-bond acceptors (Lipinski definition) is 4. The van der Waals surface area contributed by atoms with Crippen molar-refractivity contribution in [3.63, 3.8) is 0 Å². The van der Waals surface area contributed by atoms with Crippen molar-refractivity contribution < 1.29 is 14.3 Å². The molecule has 1 fully saturated rings. The van der Waals surface area contributed by atoms with Crippen LogP contribution in [0, 0.1) is 5.82 Å². The maximum atomic E-state index is 13.7. The minimum atomic E-state index is -0.901. The first kappa shape index (κ1) is 14.5. The van der Waals surface area contributed by atoms with Gasteiger partial charge in [-0.05, 0) is 47.0 Å². The molecule has 0 saturated heterocycles. The molecule has 21 heavy (non-hydrogen) atoms. The van der Waals surface area contributed by atoms with E-state index in [4.69, 9.17) is 5.11 Å². The molecule has 5 nitrogen and oxygen atoms in total. The van der Waals surface area contributed by atoms with Gasteiger partial charge in [-0.2, -0.15) is 0 Å². The number of aromatic nitrogens is 3. The zero-order chi connectivity index (χ0) is 15.0. The van der Waals surface area contributed by atoms with E-state index in [0.717, 1.165) is 24.6 Å². The van der Waals surface area contributed by atoms with Crippen LogP contribution in [0.2, 0.25) is 0 Å². The zero-order valence-electron chi connectivity index (χ0n) is 10.8. The van der Waals surface area contributed by atoms with E-state index in [0.29, 0.717) is 21.0 Å². The molecule has 0 amide bonds. The summed E-state index contributed by atoms with van der Waals surface area (Å²) in [4.78, 5) is 10.7. The van der Waals surface area contributed by atoms with Crippen LogP contribution in [-0.4, -0.2) is 31.6 Å². The van der Waals surface area contributed by atoms with E-state index in [1.54, 1.807) is 12.1 Å². The first-order chi connectivity index (χ1) is 10.1. The molecule has 1 aliphatic carbocycles. The first-order valence-electron chi connectivity index (χ1n) is 6.31. The Balaban J connectivity index is 1.98. The summed E-state index contributed by atoms with van der Waals surface area (Å²) in [6.07, 6.45) is 2.01. The average molecular weight is 372 g/mol. The SMILES string of the molecule is O=C(O)CSc1nnc(-c2ccc(Br)c(F)c2)n1C1CC1. The lowest BCUT2D eigenvalue weighted by molar-refractivity contribution is -0.133. The van der Waals surface area contributed by atoms with E-state index in [9.17, 15) is 9.18 Å². The van der Waals surface area contributed by atoms with Crippen LogP contribution in [-0.2, 0) is 4.79 Å². The Morgan fingerprint density at radius 2 is 2.24 bits per heavy atom. The quantitative estimate of drug-likeness (QED) is 0.816. The number of carboxylic acid groups (broad SMARTS) is 1. The van der Waals surface area contributed by atoms with E-state index < -0.39 is 5.97 Å². The topological polar surface area (TPSA) is 68.0 Å². The van der Waals surface area contributed by atoms with E-state index in [-0.39, 0.29) is 17.6 Å². The number of nitrogens with zero attached hydrogens (tertiary/aromatic N) is 3. The Bertz CT molecular complexity index is 703. The molecule has 110 valence electrons. The third kappa shape index (κ3) is 3.11. The number of carboxylic acids is 1. The molecule has 2 aromatic rings. The molecule has 1 heterocycles. The fraction of sp³-hybridized carbons (Fsp3) is 0.308. The molecule has 1 N–H and O–H groups in total. The largest absolute Gasteiger partial charge is 0.481 e. The van der Waals surface area contributed by atoms with Gasteiger partial charge in [-0.25, -0.2) is 4.39 Å². The van der Waals surface area contributed by atoms with Gasteiger partial charge < -0.3 is 5.11 Å². The number of benzene rings is 1. The predicted octanol–water partition coefficient (Wildman–Crippen LogP) is 3.36. The molecule has 3 rings (SSSR count). The summed E-state index contributed by atoms with van der Waals surface area (Å²) in [7, 11) is 0. The molecule has 0 spiro atoms. The third-order valence-corrected chi connectivity index (χ3v) is 4.65. The molecule has 0 radical (unpaired) electrons. The lowest BCUT2D eigenvalue weighted by Crippen LogP contribution is -2.03. The van der Waals surface area contributed by atoms with Crippen molar-refractivity contribution in [1.82, 2.24) is 14.8 Å². The van der Waals surface area contributed by atoms with Gasteiger partial charge in [-0.15, -0.1) is 10.2 Å². The van der Waals surface area contributed by atoms with Crippen LogP contribution in [0.5, 0.6) is 0 Å². The monoisotopic (exact) mass is 371 g/mol. The van der Waals surface area contributed by atoms with Gasteiger partial charge in [0, 0.05) is 11.6 Å². The third-order valence-electron chi connectivity index (χ3n) is 3.08. The standard InChI is InChI=1S/C13H11BrFN3O2S/c14-9-4-1-7(5-10(9)15)12-16-17-13(21-6-11(19)20)18(12)8-2-3-8/h1,4-5,8H,2-3,6H2,(H,19,20). The lowest BCUT2D eigenvalue weighted by Gasteiger charge is -2.08. The van der Waals surface area contributed by atoms with Crippen LogP contribution in [0.4, 0.5) is 4.39 Å². The second kappa shape index (κ2) is 5.76. The van der Waals surface area contributed by atoms with Crippen molar-refractivity contribution in [1.29, 1.82) is 0 Å². The maximum Gasteiger partial charge on any atom is 0.313 e. The number of thioether (sulfide) groups is 1. The summed E-state index contributed by atoms with van der Waals surface area (Å²) >= 11 is 4.25. The summed E-state index contributed by atoms with van der Waals surface area (Å²) in [6, 6.07) is 5.07. The number of aliphatic carboxylic acids is 1. The molecule has 1 aliphatic rings. The molecular formula is C13H11BrFN3O2S. The predicted molar refractivity (Wildman–Crippen MR) is 79.7 cm³/mol. The highest BCUT2D eigenvalue weighted by atomic mass is 79.9. The van der Waals surface area contributed by atoms with E-state index in [2.05, 4.69) is 26.1 Å². The first-order valence-corrected chi connectivity index (χ1v) is 8.09. The van der Waals surface area contributed by atoms with Gasteiger partial charge in [-0.3, -0.25) is 9.36 Å². The normalized spacial score (nSPS) is 14.4. The molecule has 8 heteroatoms. The van der Waals surface area contributed by atoms with Crippen molar-refractivity contribution in [3.8, 4) is 11.4 Å².